The van der Waals surface area contributed by atoms with Crippen LogP contribution in [0.5, 0.6) is 0 Å². The highest BCUT2D eigenvalue weighted by atomic mass is 32.1. The van der Waals surface area contributed by atoms with Crippen molar-refractivity contribution in [1.82, 2.24) is 0 Å². The van der Waals surface area contributed by atoms with Gasteiger partial charge in [0.25, 0.3) is 6.71 Å². The molecule has 292 valence electrons. The van der Waals surface area contributed by atoms with Crippen molar-refractivity contribution in [1.29, 1.82) is 0 Å². The molecule has 1 aromatic heterocycles. The minimum Gasteiger partial charge on any atom is -0.311 e. The average Bonchev–Trinajstić information content (AvgIpc) is 3.55. The fourth-order valence-electron chi connectivity index (χ4n) is 9.07. The Morgan fingerprint density at radius 3 is 1.59 bits per heavy atom. The van der Waals surface area contributed by atoms with E-state index in [0.29, 0.717) is 0 Å². The number of fused-ring (bicyclic) bond motifs is 6. The van der Waals surface area contributed by atoms with E-state index in [2.05, 4.69) is 220 Å². The van der Waals surface area contributed by atoms with Crippen LogP contribution in [0.4, 0.5) is 33.4 Å². The quantitative estimate of drug-likeness (QED) is 0.165. The SMILES string of the molecule is CC(C)(C)c1ccc(N2c3ccc(C(C)(C)C)cc3B3c4c2cccc4N(c2ccc(C(C)(C)C)cc2-c2ccccc2)c2sc4ccc(C(C)(C)C)cc4c23)cc1. The summed E-state index contributed by atoms with van der Waals surface area (Å²) in [7, 11) is 0. The second-order valence-corrected chi connectivity index (χ2v) is 21.8. The topological polar surface area (TPSA) is 6.48 Å². The largest absolute Gasteiger partial charge is 0.311 e. The van der Waals surface area contributed by atoms with E-state index < -0.39 is 0 Å². The zero-order valence-electron chi connectivity index (χ0n) is 36.5. The fourth-order valence-corrected chi connectivity index (χ4v) is 10.3. The second-order valence-electron chi connectivity index (χ2n) is 20.8. The molecule has 0 atom stereocenters. The molecule has 0 N–H and O–H groups in total. The Morgan fingerprint density at radius 2 is 0.966 bits per heavy atom. The Hall–Kier alpha value is -5.06. The van der Waals surface area contributed by atoms with E-state index in [9.17, 15) is 0 Å². The van der Waals surface area contributed by atoms with E-state index in [4.69, 9.17) is 0 Å². The normalized spacial score (nSPS) is 14.1. The van der Waals surface area contributed by atoms with Crippen LogP contribution in [0.2, 0.25) is 0 Å². The summed E-state index contributed by atoms with van der Waals surface area (Å²) in [4.78, 5) is 5.17. The highest BCUT2D eigenvalue weighted by molar-refractivity contribution is 7.26. The Morgan fingerprint density at radius 1 is 0.431 bits per heavy atom. The van der Waals surface area contributed by atoms with Crippen molar-refractivity contribution in [2.75, 3.05) is 9.80 Å². The van der Waals surface area contributed by atoms with E-state index >= 15 is 0 Å². The lowest BCUT2D eigenvalue weighted by Gasteiger charge is -2.44. The van der Waals surface area contributed by atoms with Crippen molar-refractivity contribution in [3.8, 4) is 11.1 Å². The van der Waals surface area contributed by atoms with Gasteiger partial charge in [-0.05, 0) is 120 Å². The van der Waals surface area contributed by atoms with E-state index in [0.717, 1.165) is 0 Å². The van der Waals surface area contributed by atoms with Gasteiger partial charge in [-0.2, -0.15) is 0 Å². The molecule has 0 fully saturated rings. The molecule has 9 rings (SSSR count). The molecule has 0 aliphatic carbocycles. The summed E-state index contributed by atoms with van der Waals surface area (Å²) in [6.45, 7) is 27.9. The van der Waals surface area contributed by atoms with Crippen LogP contribution in [0.3, 0.4) is 0 Å². The number of hydrogen-bond acceptors (Lipinski definition) is 3. The van der Waals surface area contributed by atoms with Gasteiger partial charge in [0, 0.05) is 33.0 Å². The minimum absolute atomic E-state index is 0.00457. The summed E-state index contributed by atoms with van der Waals surface area (Å²) in [5.41, 5.74) is 18.3. The molecule has 2 aliphatic rings. The van der Waals surface area contributed by atoms with Crippen LogP contribution in [-0.4, -0.2) is 6.71 Å². The first-order valence-electron chi connectivity index (χ1n) is 21.1. The van der Waals surface area contributed by atoms with Gasteiger partial charge in [0.05, 0.1) is 10.7 Å². The third-order valence-electron chi connectivity index (χ3n) is 12.5. The third kappa shape index (κ3) is 6.31. The fraction of sp³-hybridized carbons (Fsp3) is 0.296. The number of hydrogen-bond donors (Lipinski definition) is 0. The molecule has 0 saturated heterocycles. The number of anilines is 6. The Bertz CT molecular complexity index is 2710. The summed E-state index contributed by atoms with van der Waals surface area (Å²) in [6.07, 6.45) is 0. The predicted molar refractivity (Wildman–Crippen MR) is 256 cm³/mol. The van der Waals surface area contributed by atoms with E-state index in [-0.39, 0.29) is 28.4 Å². The molecule has 0 unspecified atom stereocenters. The van der Waals surface area contributed by atoms with E-state index in [1.54, 1.807) is 0 Å². The summed E-state index contributed by atoms with van der Waals surface area (Å²) in [5.74, 6) is 0. The number of rotatable bonds is 3. The van der Waals surface area contributed by atoms with Gasteiger partial charge in [-0.3, -0.25) is 0 Å². The lowest BCUT2D eigenvalue weighted by Crippen LogP contribution is -2.61. The zero-order chi connectivity index (χ0) is 41.1. The lowest BCUT2D eigenvalue weighted by molar-refractivity contribution is 0.590. The molecular formula is C54H57BN2S. The van der Waals surface area contributed by atoms with Crippen LogP contribution in [0, 0.1) is 0 Å². The van der Waals surface area contributed by atoms with Crippen molar-refractivity contribution in [2.24, 2.45) is 0 Å². The number of nitrogens with zero attached hydrogens (tertiary/aromatic N) is 2. The molecule has 2 nitrogen and oxygen atoms in total. The standard InChI is InChI=1S/C54H57BN2S/c1-51(2,3)35-21-26-39(27-22-35)56-44-29-24-38(54(10,11)12)33-42(44)55-48-41-32-37(53(7,8)9)25-30-47(41)58-50(48)57(46-20-16-19-45(56)49(46)55)43-28-23-36(52(4,5)6)31-40(43)34-17-14-13-15-18-34/h13-33H,1-12H3. The molecule has 0 spiro atoms. The number of benzene rings is 6. The van der Waals surface area contributed by atoms with Crippen molar-refractivity contribution in [2.45, 2.75) is 105 Å². The maximum Gasteiger partial charge on any atom is 0.254 e. The van der Waals surface area contributed by atoms with Crippen molar-refractivity contribution < 1.29 is 0 Å². The van der Waals surface area contributed by atoms with Gasteiger partial charge in [-0.1, -0.05) is 162 Å². The molecule has 3 heterocycles. The predicted octanol–water partition coefficient (Wildman–Crippen LogP) is 13.8. The summed E-state index contributed by atoms with van der Waals surface area (Å²) in [6, 6.07) is 49.2. The average molecular weight is 777 g/mol. The van der Waals surface area contributed by atoms with Crippen LogP contribution in [0.1, 0.15) is 105 Å². The highest BCUT2D eigenvalue weighted by Crippen LogP contribution is 2.50. The molecular weight excluding hydrogens is 719 g/mol. The lowest BCUT2D eigenvalue weighted by atomic mass is 9.33. The molecule has 4 heteroatoms. The van der Waals surface area contributed by atoms with E-state index in [1.165, 1.54) is 93.3 Å². The third-order valence-corrected chi connectivity index (χ3v) is 13.7. The molecule has 0 amide bonds. The molecule has 58 heavy (non-hydrogen) atoms. The smallest absolute Gasteiger partial charge is 0.254 e. The van der Waals surface area contributed by atoms with E-state index in [1.807, 2.05) is 11.3 Å². The van der Waals surface area contributed by atoms with Crippen molar-refractivity contribution >= 4 is 78.0 Å². The Balaban J connectivity index is 1.41. The molecule has 7 aromatic rings. The molecule has 0 bridgehead atoms. The highest BCUT2D eigenvalue weighted by Gasteiger charge is 2.46. The van der Waals surface area contributed by atoms with Gasteiger partial charge >= 0.3 is 0 Å². The second kappa shape index (κ2) is 13.2. The zero-order valence-corrected chi connectivity index (χ0v) is 37.3. The molecule has 0 saturated carbocycles. The van der Waals surface area contributed by atoms with Crippen LogP contribution >= 0.6 is 11.3 Å². The Labute approximate surface area is 351 Å². The summed E-state index contributed by atoms with van der Waals surface area (Å²) in [5, 5.41) is 2.68. The Kier molecular flexibility index (Phi) is 8.77. The minimum atomic E-state index is -0.00690. The molecule has 0 radical (unpaired) electrons. The van der Waals surface area contributed by atoms with Gasteiger partial charge in [0.2, 0.25) is 0 Å². The van der Waals surface area contributed by atoms with Gasteiger partial charge in [-0.25, -0.2) is 0 Å². The first-order chi connectivity index (χ1) is 27.3. The monoisotopic (exact) mass is 776 g/mol. The van der Waals surface area contributed by atoms with Crippen LogP contribution in [0.15, 0.2) is 127 Å². The molecule has 2 aliphatic heterocycles. The van der Waals surface area contributed by atoms with Crippen molar-refractivity contribution in [3.63, 3.8) is 0 Å². The van der Waals surface area contributed by atoms with Crippen molar-refractivity contribution in [3.05, 3.63) is 150 Å². The number of thiophene rings is 1. The van der Waals surface area contributed by atoms with Gasteiger partial charge < -0.3 is 9.80 Å². The summed E-state index contributed by atoms with van der Waals surface area (Å²) < 4.78 is 1.33. The van der Waals surface area contributed by atoms with Crippen LogP contribution < -0.4 is 26.2 Å². The van der Waals surface area contributed by atoms with Gasteiger partial charge in [0.1, 0.15) is 0 Å². The van der Waals surface area contributed by atoms with Crippen LogP contribution in [-0.2, 0) is 21.7 Å². The maximum atomic E-state index is 2.63. The summed E-state index contributed by atoms with van der Waals surface area (Å²) >= 11 is 1.95. The first-order valence-corrected chi connectivity index (χ1v) is 21.9. The van der Waals surface area contributed by atoms with Gasteiger partial charge in [0.15, 0.2) is 0 Å². The van der Waals surface area contributed by atoms with Gasteiger partial charge in [-0.15, -0.1) is 11.3 Å². The van der Waals surface area contributed by atoms with Crippen LogP contribution in [0.25, 0.3) is 21.2 Å². The maximum absolute atomic E-state index is 2.63. The molecule has 6 aromatic carbocycles. The first kappa shape index (κ1) is 38.5.